The Bertz CT molecular complexity index is 365. The summed E-state index contributed by atoms with van der Waals surface area (Å²) >= 11 is 0. The molecule has 1 heterocycles. The monoisotopic (exact) mass is 221 g/mol. The van der Waals surface area contributed by atoms with Crippen LogP contribution in [0, 0.1) is 5.92 Å². The Kier molecular flexibility index (Phi) is 3.34. The van der Waals surface area contributed by atoms with Crippen LogP contribution in [0.25, 0.3) is 0 Å². The minimum atomic E-state index is 0.261. The van der Waals surface area contributed by atoms with Gasteiger partial charge < -0.3 is 15.1 Å². The summed E-state index contributed by atoms with van der Waals surface area (Å²) < 4.78 is 0. The molecule has 3 nitrogen and oxygen atoms in total. The predicted octanol–water partition coefficient (Wildman–Crippen LogP) is 1.77. The molecule has 16 heavy (non-hydrogen) atoms. The van der Waals surface area contributed by atoms with Crippen molar-refractivity contribution in [2.45, 2.75) is 19.8 Å². The van der Waals surface area contributed by atoms with Gasteiger partial charge in [-0.15, -0.1) is 0 Å². The summed E-state index contributed by atoms with van der Waals surface area (Å²) in [6.45, 7) is 4.18. The number of anilines is 1. The molecule has 1 aromatic carbocycles. The zero-order chi connectivity index (χ0) is 11.5. The molecule has 1 aliphatic heterocycles. The average Bonchev–Trinajstić information content (AvgIpc) is 2.77. The number of nitrogens with zero attached hydrogens (tertiary/aromatic N) is 1. The van der Waals surface area contributed by atoms with Crippen molar-refractivity contribution in [3.8, 4) is 5.75 Å². The highest BCUT2D eigenvalue weighted by Crippen LogP contribution is 2.32. The first kappa shape index (κ1) is 11.3. The van der Waals surface area contributed by atoms with Crippen LogP contribution in [0.2, 0.25) is 0 Å². The standard InChI is InChI=1S/C13H19NO2/c1-2-11-12(4-3-5-13(11)16)14-7-6-10(8-14)9-15/h3-5,10,15-16H,2,6-9H2,1H3. The molecule has 0 aliphatic carbocycles. The summed E-state index contributed by atoms with van der Waals surface area (Å²) in [5.41, 5.74) is 2.14. The van der Waals surface area contributed by atoms with Gasteiger partial charge in [0.05, 0.1) is 0 Å². The Morgan fingerprint density at radius 2 is 2.25 bits per heavy atom. The molecule has 2 N–H and O–H groups in total. The van der Waals surface area contributed by atoms with Crippen LogP contribution in [0.1, 0.15) is 18.9 Å². The summed E-state index contributed by atoms with van der Waals surface area (Å²) in [6.07, 6.45) is 1.87. The lowest BCUT2D eigenvalue weighted by Crippen LogP contribution is -2.21. The van der Waals surface area contributed by atoms with Crippen LogP contribution in [0.3, 0.4) is 0 Å². The third kappa shape index (κ3) is 2.00. The molecule has 1 fully saturated rings. The van der Waals surface area contributed by atoms with Crippen molar-refractivity contribution in [3.63, 3.8) is 0 Å². The number of rotatable bonds is 3. The van der Waals surface area contributed by atoms with Gasteiger partial charge in [-0.25, -0.2) is 0 Å². The van der Waals surface area contributed by atoms with E-state index in [0.717, 1.165) is 37.2 Å². The number of aliphatic hydroxyl groups excluding tert-OH is 1. The Morgan fingerprint density at radius 1 is 1.44 bits per heavy atom. The summed E-state index contributed by atoms with van der Waals surface area (Å²) in [5, 5.41) is 18.9. The first-order chi connectivity index (χ1) is 7.76. The molecular weight excluding hydrogens is 202 g/mol. The van der Waals surface area contributed by atoms with Gasteiger partial charge in [0.1, 0.15) is 5.75 Å². The summed E-state index contributed by atoms with van der Waals surface area (Å²) in [5.74, 6) is 0.763. The lowest BCUT2D eigenvalue weighted by atomic mass is 10.1. The van der Waals surface area contributed by atoms with Crippen molar-refractivity contribution in [2.75, 3.05) is 24.6 Å². The van der Waals surface area contributed by atoms with Gasteiger partial charge in [-0.1, -0.05) is 13.0 Å². The molecule has 0 radical (unpaired) electrons. The molecule has 0 saturated carbocycles. The van der Waals surface area contributed by atoms with E-state index >= 15 is 0 Å². The molecular formula is C13H19NO2. The van der Waals surface area contributed by atoms with Crippen molar-refractivity contribution in [1.82, 2.24) is 0 Å². The first-order valence-electron chi connectivity index (χ1n) is 5.93. The largest absolute Gasteiger partial charge is 0.508 e. The van der Waals surface area contributed by atoms with Crippen LogP contribution in [0.4, 0.5) is 5.69 Å². The molecule has 3 heteroatoms. The fraction of sp³-hybridized carbons (Fsp3) is 0.538. The summed E-state index contributed by atoms with van der Waals surface area (Å²) in [7, 11) is 0. The van der Waals surface area contributed by atoms with Gasteiger partial charge in [0, 0.05) is 36.9 Å². The van der Waals surface area contributed by atoms with E-state index in [0.29, 0.717) is 11.7 Å². The van der Waals surface area contributed by atoms with E-state index in [4.69, 9.17) is 5.11 Å². The van der Waals surface area contributed by atoms with E-state index in [1.165, 1.54) is 0 Å². The minimum Gasteiger partial charge on any atom is -0.508 e. The van der Waals surface area contributed by atoms with E-state index in [1.807, 2.05) is 6.07 Å². The Labute approximate surface area is 96.3 Å². The van der Waals surface area contributed by atoms with Crippen LogP contribution in [0.5, 0.6) is 5.75 Å². The van der Waals surface area contributed by atoms with Crippen molar-refractivity contribution >= 4 is 5.69 Å². The number of phenolic OH excluding ortho intramolecular Hbond substituents is 1. The number of phenols is 1. The third-order valence-electron chi connectivity index (χ3n) is 3.36. The van der Waals surface area contributed by atoms with Crippen molar-refractivity contribution in [3.05, 3.63) is 23.8 Å². The summed E-state index contributed by atoms with van der Waals surface area (Å²) in [6, 6.07) is 5.68. The molecule has 1 aliphatic rings. The Hall–Kier alpha value is -1.22. The molecule has 0 bridgehead atoms. The molecule has 0 amide bonds. The van der Waals surface area contributed by atoms with Crippen LogP contribution < -0.4 is 4.90 Å². The molecule has 1 unspecified atom stereocenters. The van der Waals surface area contributed by atoms with Gasteiger partial charge in [-0.3, -0.25) is 0 Å². The van der Waals surface area contributed by atoms with E-state index in [9.17, 15) is 5.11 Å². The molecule has 1 saturated heterocycles. The van der Waals surface area contributed by atoms with Crippen molar-refractivity contribution in [2.24, 2.45) is 5.92 Å². The Morgan fingerprint density at radius 3 is 2.88 bits per heavy atom. The smallest absolute Gasteiger partial charge is 0.120 e. The number of hydrogen-bond acceptors (Lipinski definition) is 3. The quantitative estimate of drug-likeness (QED) is 0.817. The maximum Gasteiger partial charge on any atom is 0.120 e. The van der Waals surface area contributed by atoms with Crippen molar-refractivity contribution in [1.29, 1.82) is 0 Å². The van der Waals surface area contributed by atoms with Gasteiger partial charge >= 0.3 is 0 Å². The molecule has 0 aromatic heterocycles. The fourth-order valence-corrected chi connectivity index (χ4v) is 2.42. The third-order valence-corrected chi connectivity index (χ3v) is 3.36. The predicted molar refractivity (Wildman–Crippen MR) is 64.9 cm³/mol. The van der Waals surface area contributed by atoms with Gasteiger partial charge in [0.25, 0.3) is 0 Å². The highest BCUT2D eigenvalue weighted by Gasteiger charge is 2.23. The van der Waals surface area contributed by atoms with Gasteiger partial charge in [-0.2, -0.15) is 0 Å². The fourth-order valence-electron chi connectivity index (χ4n) is 2.42. The molecule has 1 aromatic rings. The normalized spacial score (nSPS) is 20.4. The molecule has 88 valence electrons. The number of aromatic hydroxyl groups is 1. The second kappa shape index (κ2) is 4.74. The zero-order valence-corrected chi connectivity index (χ0v) is 9.69. The molecule has 2 rings (SSSR count). The van der Waals surface area contributed by atoms with Gasteiger partial charge in [0.15, 0.2) is 0 Å². The second-order valence-corrected chi connectivity index (χ2v) is 4.41. The Balaban J connectivity index is 2.24. The SMILES string of the molecule is CCc1c(O)cccc1N1CCC(CO)C1. The minimum absolute atomic E-state index is 0.261. The number of benzene rings is 1. The van der Waals surface area contributed by atoms with Gasteiger partial charge in [0.2, 0.25) is 0 Å². The van der Waals surface area contributed by atoms with Crippen LogP contribution in [-0.4, -0.2) is 29.9 Å². The van der Waals surface area contributed by atoms with Crippen LogP contribution in [0.15, 0.2) is 18.2 Å². The maximum absolute atomic E-state index is 9.80. The van der Waals surface area contributed by atoms with Gasteiger partial charge in [-0.05, 0) is 25.0 Å². The maximum atomic E-state index is 9.80. The lowest BCUT2D eigenvalue weighted by Gasteiger charge is -2.22. The van der Waals surface area contributed by atoms with E-state index in [2.05, 4.69) is 17.9 Å². The topological polar surface area (TPSA) is 43.7 Å². The average molecular weight is 221 g/mol. The van der Waals surface area contributed by atoms with Crippen LogP contribution >= 0.6 is 0 Å². The first-order valence-corrected chi connectivity index (χ1v) is 5.93. The number of aliphatic hydroxyl groups is 1. The number of hydrogen-bond donors (Lipinski definition) is 2. The van der Waals surface area contributed by atoms with E-state index in [-0.39, 0.29) is 6.61 Å². The summed E-state index contributed by atoms with van der Waals surface area (Å²) in [4.78, 5) is 2.26. The highest BCUT2D eigenvalue weighted by molar-refractivity contribution is 5.59. The molecule has 1 atom stereocenters. The van der Waals surface area contributed by atoms with E-state index < -0.39 is 0 Å². The second-order valence-electron chi connectivity index (χ2n) is 4.41. The molecule has 0 spiro atoms. The zero-order valence-electron chi connectivity index (χ0n) is 9.69. The lowest BCUT2D eigenvalue weighted by molar-refractivity contribution is 0.238. The van der Waals surface area contributed by atoms with Crippen LogP contribution in [-0.2, 0) is 6.42 Å². The van der Waals surface area contributed by atoms with E-state index in [1.54, 1.807) is 6.07 Å². The van der Waals surface area contributed by atoms with Crippen molar-refractivity contribution < 1.29 is 10.2 Å². The highest BCUT2D eigenvalue weighted by atomic mass is 16.3.